The standard InChI is InChI=1S/C24H31NO13/c1-10-5-18(30)35-15-6-12(3-4-13(10)15)34-23-24(33,25-11(2)28)22(32)21(17(9-27)37-23)38-19-7-14(29)20(31)16(8-26)36-19/h3-6,14,16-17,19-23,26-27,29,31-33H,7-9H2,1-2H3,(H,25,28)/t14-,16-,17-,19+,20-,21-,22+,23-,24-/m1/s1. The molecule has 14 heteroatoms. The van der Waals surface area contributed by atoms with Gasteiger partial charge in [0.15, 0.2) is 6.29 Å². The molecule has 2 aromatic rings. The highest BCUT2D eigenvalue weighted by Gasteiger charge is 2.59. The molecule has 2 aliphatic heterocycles. The minimum atomic E-state index is -2.62. The number of hydrogen-bond donors (Lipinski definition) is 7. The van der Waals surface area contributed by atoms with Crippen molar-refractivity contribution in [3.8, 4) is 5.75 Å². The van der Waals surface area contributed by atoms with E-state index in [-0.39, 0.29) is 17.8 Å². The lowest BCUT2D eigenvalue weighted by Crippen LogP contribution is -2.75. The summed E-state index contributed by atoms with van der Waals surface area (Å²) in [5.74, 6) is -0.723. The van der Waals surface area contributed by atoms with Crippen molar-refractivity contribution in [1.82, 2.24) is 5.32 Å². The molecule has 210 valence electrons. The van der Waals surface area contributed by atoms with E-state index in [1.165, 1.54) is 18.2 Å². The van der Waals surface area contributed by atoms with Crippen LogP contribution in [0.15, 0.2) is 33.5 Å². The lowest BCUT2D eigenvalue weighted by atomic mass is 9.92. The molecule has 1 amide bonds. The van der Waals surface area contributed by atoms with Crippen molar-refractivity contribution in [1.29, 1.82) is 0 Å². The first-order valence-electron chi connectivity index (χ1n) is 11.9. The van der Waals surface area contributed by atoms with E-state index >= 15 is 0 Å². The quantitative estimate of drug-likeness (QED) is 0.144. The molecule has 0 saturated carbocycles. The van der Waals surface area contributed by atoms with E-state index in [2.05, 4.69) is 5.32 Å². The fourth-order valence-electron chi connectivity index (χ4n) is 4.61. The maximum Gasteiger partial charge on any atom is 0.336 e. The molecule has 0 aliphatic carbocycles. The van der Waals surface area contributed by atoms with Gasteiger partial charge in [0.1, 0.15) is 41.9 Å². The molecular weight excluding hydrogens is 510 g/mol. The van der Waals surface area contributed by atoms with Gasteiger partial charge in [-0.3, -0.25) is 4.79 Å². The normalized spacial score (nSPS) is 35.7. The number of amides is 1. The number of nitrogens with one attached hydrogen (secondary N) is 1. The van der Waals surface area contributed by atoms with E-state index in [9.17, 15) is 40.2 Å². The number of aryl methyl sites for hydroxylation is 1. The van der Waals surface area contributed by atoms with Crippen molar-refractivity contribution >= 4 is 16.9 Å². The molecule has 1 aromatic carbocycles. The van der Waals surface area contributed by atoms with Crippen LogP contribution in [0.2, 0.25) is 0 Å². The zero-order chi connectivity index (χ0) is 27.8. The van der Waals surface area contributed by atoms with Gasteiger partial charge < -0.3 is 59.3 Å². The molecule has 0 unspecified atom stereocenters. The van der Waals surface area contributed by atoms with E-state index in [4.69, 9.17) is 23.4 Å². The van der Waals surface area contributed by atoms with Gasteiger partial charge in [0.25, 0.3) is 6.29 Å². The average Bonchev–Trinajstić information content (AvgIpc) is 2.85. The maximum atomic E-state index is 12.0. The topological polar surface area (TPSA) is 218 Å². The molecule has 2 fully saturated rings. The number of rotatable bonds is 7. The highest BCUT2D eigenvalue weighted by molar-refractivity contribution is 5.81. The predicted molar refractivity (Wildman–Crippen MR) is 126 cm³/mol. The van der Waals surface area contributed by atoms with Gasteiger partial charge in [-0.15, -0.1) is 0 Å². The summed E-state index contributed by atoms with van der Waals surface area (Å²) >= 11 is 0. The Balaban J connectivity index is 1.61. The van der Waals surface area contributed by atoms with Gasteiger partial charge in [-0.25, -0.2) is 4.79 Å². The summed E-state index contributed by atoms with van der Waals surface area (Å²) in [5.41, 5.74) is -2.36. The first-order valence-corrected chi connectivity index (χ1v) is 11.9. The van der Waals surface area contributed by atoms with Crippen LogP contribution in [0.1, 0.15) is 18.9 Å². The number of benzene rings is 1. The van der Waals surface area contributed by atoms with Crippen molar-refractivity contribution in [2.45, 2.75) is 75.2 Å². The Bertz CT molecular complexity index is 1200. The van der Waals surface area contributed by atoms with Crippen LogP contribution in [0.25, 0.3) is 11.0 Å². The summed E-state index contributed by atoms with van der Waals surface area (Å²) in [6, 6.07) is 5.78. The summed E-state index contributed by atoms with van der Waals surface area (Å²) < 4.78 is 27.8. The molecule has 2 saturated heterocycles. The second kappa shape index (κ2) is 11.2. The molecule has 7 N–H and O–H groups in total. The van der Waals surface area contributed by atoms with E-state index in [0.717, 1.165) is 6.92 Å². The SMILES string of the molecule is CC(=O)N[C@]1(O)[C@H](Oc2ccc3c(C)cc(=O)oc3c2)O[C@H](CO)[C@@H](O[C@H]2C[C@@H](O)[C@@H](O)[C@@H](CO)O2)[C@@H]1O. The number of aliphatic hydroxyl groups is 6. The van der Waals surface area contributed by atoms with E-state index < -0.39 is 79.7 Å². The number of fused-ring (bicyclic) bond motifs is 1. The summed E-state index contributed by atoms with van der Waals surface area (Å²) in [7, 11) is 0. The van der Waals surface area contributed by atoms with Crippen LogP contribution >= 0.6 is 0 Å². The van der Waals surface area contributed by atoms with Crippen LogP contribution in [0.5, 0.6) is 5.75 Å². The minimum Gasteiger partial charge on any atom is -0.459 e. The van der Waals surface area contributed by atoms with Gasteiger partial charge in [0, 0.05) is 30.9 Å². The third-order valence-electron chi connectivity index (χ3n) is 6.53. The fraction of sp³-hybridized carbons (Fsp3) is 0.583. The summed E-state index contributed by atoms with van der Waals surface area (Å²) in [4.78, 5) is 23.8. The second-order valence-corrected chi connectivity index (χ2v) is 9.35. The first-order chi connectivity index (χ1) is 18.0. The van der Waals surface area contributed by atoms with Gasteiger partial charge >= 0.3 is 5.63 Å². The number of carbonyl (C=O) groups is 1. The highest BCUT2D eigenvalue weighted by atomic mass is 16.7. The lowest BCUT2D eigenvalue weighted by Gasteiger charge is -2.49. The largest absolute Gasteiger partial charge is 0.459 e. The number of ether oxygens (including phenoxy) is 4. The minimum absolute atomic E-state index is 0.0433. The van der Waals surface area contributed by atoms with Gasteiger partial charge in [0.05, 0.1) is 19.3 Å². The molecule has 0 bridgehead atoms. The Labute approximate surface area is 215 Å². The Morgan fingerprint density at radius 1 is 1.13 bits per heavy atom. The van der Waals surface area contributed by atoms with Crippen molar-refractivity contribution in [3.63, 3.8) is 0 Å². The van der Waals surface area contributed by atoms with Crippen molar-refractivity contribution in [2.24, 2.45) is 0 Å². The van der Waals surface area contributed by atoms with Crippen molar-refractivity contribution in [3.05, 3.63) is 40.2 Å². The molecule has 14 nitrogen and oxygen atoms in total. The molecule has 3 heterocycles. The first kappa shape index (κ1) is 28.4. The zero-order valence-electron chi connectivity index (χ0n) is 20.6. The highest BCUT2D eigenvalue weighted by Crippen LogP contribution is 2.35. The Kier molecular flexibility index (Phi) is 8.37. The van der Waals surface area contributed by atoms with E-state index in [1.807, 2.05) is 0 Å². The van der Waals surface area contributed by atoms with Crippen LogP contribution in [-0.2, 0) is 19.0 Å². The maximum absolute atomic E-state index is 12.0. The molecule has 2 aliphatic rings. The monoisotopic (exact) mass is 541 g/mol. The van der Waals surface area contributed by atoms with Crippen LogP contribution in [0.4, 0.5) is 0 Å². The van der Waals surface area contributed by atoms with Crippen molar-refractivity contribution in [2.75, 3.05) is 13.2 Å². The Hall–Kier alpha value is -2.66. The van der Waals surface area contributed by atoms with E-state index in [1.54, 1.807) is 13.0 Å². The van der Waals surface area contributed by atoms with Gasteiger partial charge in [0.2, 0.25) is 11.6 Å². The lowest BCUT2D eigenvalue weighted by molar-refractivity contribution is -0.360. The number of hydrogen-bond acceptors (Lipinski definition) is 13. The van der Waals surface area contributed by atoms with Gasteiger partial charge in [-0.05, 0) is 24.6 Å². The van der Waals surface area contributed by atoms with E-state index in [0.29, 0.717) is 10.9 Å². The van der Waals surface area contributed by atoms with Crippen LogP contribution in [-0.4, -0.2) is 105 Å². The summed E-state index contributed by atoms with van der Waals surface area (Å²) in [6.45, 7) is 1.44. The Morgan fingerprint density at radius 3 is 2.50 bits per heavy atom. The fourth-order valence-corrected chi connectivity index (χ4v) is 4.61. The second-order valence-electron chi connectivity index (χ2n) is 9.35. The third-order valence-corrected chi connectivity index (χ3v) is 6.53. The third kappa shape index (κ3) is 5.54. The van der Waals surface area contributed by atoms with Crippen LogP contribution in [0.3, 0.4) is 0 Å². The molecule has 9 atom stereocenters. The summed E-state index contributed by atoms with van der Waals surface area (Å²) in [6.07, 6.45) is -12.1. The molecule has 4 rings (SSSR count). The van der Waals surface area contributed by atoms with Crippen molar-refractivity contribution < 1.29 is 58.8 Å². The molecule has 0 radical (unpaired) electrons. The summed E-state index contributed by atoms with van der Waals surface area (Å²) in [5, 5.41) is 64.8. The molecule has 1 aromatic heterocycles. The molecule has 38 heavy (non-hydrogen) atoms. The smallest absolute Gasteiger partial charge is 0.336 e. The average molecular weight is 542 g/mol. The zero-order valence-corrected chi connectivity index (χ0v) is 20.6. The van der Waals surface area contributed by atoms with Gasteiger partial charge in [-0.1, -0.05) is 0 Å². The predicted octanol–water partition coefficient (Wildman–Crippen LogP) is -2.40. The molecular formula is C24H31NO13. The van der Waals surface area contributed by atoms with Crippen LogP contribution < -0.4 is 15.7 Å². The Morgan fingerprint density at radius 2 is 1.84 bits per heavy atom. The molecule has 0 spiro atoms. The number of carbonyl (C=O) groups excluding carboxylic acids is 1. The van der Waals surface area contributed by atoms with Gasteiger partial charge in [-0.2, -0.15) is 0 Å². The van der Waals surface area contributed by atoms with Crippen LogP contribution in [0, 0.1) is 6.92 Å². The number of aliphatic hydroxyl groups excluding tert-OH is 5.